The van der Waals surface area contributed by atoms with Crippen molar-refractivity contribution in [1.29, 1.82) is 0 Å². The van der Waals surface area contributed by atoms with Crippen LogP contribution in [0.15, 0.2) is 24.3 Å². The highest BCUT2D eigenvalue weighted by atomic mass is 15.2. The Morgan fingerprint density at radius 2 is 2.22 bits per heavy atom. The Labute approximate surface area is 111 Å². The van der Waals surface area contributed by atoms with E-state index in [-0.39, 0.29) is 0 Å². The van der Waals surface area contributed by atoms with E-state index < -0.39 is 0 Å². The van der Waals surface area contributed by atoms with Crippen LogP contribution in [0.1, 0.15) is 23.6 Å². The van der Waals surface area contributed by atoms with E-state index in [0.29, 0.717) is 12.6 Å². The topological polar surface area (TPSA) is 32.5 Å². The Morgan fingerprint density at radius 3 is 2.78 bits per heavy atom. The summed E-state index contributed by atoms with van der Waals surface area (Å²) in [6.07, 6.45) is 1.28. The number of benzene rings is 1. The van der Waals surface area contributed by atoms with Crippen LogP contribution >= 0.6 is 0 Å². The van der Waals surface area contributed by atoms with Crippen molar-refractivity contribution < 1.29 is 0 Å². The summed E-state index contributed by atoms with van der Waals surface area (Å²) in [5.41, 5.74) is 8.38. The lowest BCUT2D eigenvalue weighted by Crippen LogP contribution is -2.29. The lowest BCUT2D eigenvalue weighted by Gasteiger charge is -2.30. The van der Waals surface area contributed by atoms with Crippen molar-refractivity contribution in [2.45, 2.75) is 19.0 Å². The minimum atomic E-state index is 0.501. The van der Waals surface area contributed by atoms with E-state index >= 15 is 0 Å². The standard InChI is InChI=1S/C15H25N3/c1-17(2)15(14-7-8-18(3)11-14)13-6-4-5-12(9-13)10-16/h4-6,9,14-15H,7-8,10-11,16H2,1-3H3. The number of rotatable bonds is 4. The van der Waals surface area contributed by atoms with Gasteiger partial charge in [-0.2, -0.15) is 0 Å². The Morgan fingerprint density at radius 1 is 1.44 bits per heavy atom. The van der Waals surface area contributed by atoms with Gasteiger partial charge in [0.25, 0.3) is 0 Å². The third-order valence-corrected chi connectivity index (χ3v) is 3.96. The normalized spacial score (nSPS) is 22.6. The average Bonchev–Trinajstić information content (AvgIpc) is 2.75. The first-order chi connectivity index (χ1) is 8.61. The molecule has 0 bridgehead atoms. The number of hydrogen-bond acceptors (Lipinski definition) is 3. The van der Waals surface area contributed by atoms with Gasteiger partial charge >= 0.3 is 0 Å². The van der Waals surface area contributed by atoms with Crippen LogP contribution in [0.4, 0.5) is 0 Å². The van der Waals surface area contributed by atoms with Gasteiger partial charge in [-0.25, -0.2) is 0 Å². The summed E-state index contributed by atoms with van der Waals surface area (Å²) in [4.78, 5) is 4.77. The number of likely N-dealkylation sites (tertiary alicyclic amines) is 1. The highest BCUT2D eigenvalue weighted by molar-refractivity contribution is 5.26. The van der Waals surface area contributed by atoms with E-state index in [1.165, 1.54) is 30.6 Å². The van der Waals surface area contributed by atoms with E-state index in [1.807, 2.05) is 0 Å². The van der Waals surface area contributed by atoms with Gasteiger partial charge in [0.1, 0.15) is 0 Å². The molecule has 0 amide bonds. The van der Waals surface area contributed by atoms with Crippen molar-refractivity contribution in [3.63, 3.8) is 0 Å². The molecule has 1 aromatic carbocycles. The van der Waals surface area contributed by atoms with Gasteiger partial charge in [-0.3, -0.25) is 0 Å². The monoisotopic (exact) mass is 247 g/mol. The molecule has 3 heteroatoms. The van der Waals surface area contributed by atoms with Crippen LogP contribution in [0.5, 0.6) is 0 Å². The largest absolute Gasteiger partial charge is 0.326 e. The fourth-order valence-corrected chi connectivity index (χ4v) is 3.12. The van der Waals surface area contributed by atoms with Crippen LogP contribution in [0.2, 0.25) is 0 Å². The van der Waals surface area contributed by atoms with E-state index in [9.17, 15) is 0 Å². The van der Waals surface area contributed by atoms with Gasteiger partial charge in [0, 0.05) is 19.1 Å². The molecule has 1 aliphatic rings. The molecule has 2 unspecified atom stereocenters. The molecule has 1 fully saturated rings. The first-order valence-corrected chi connectivity index (χ1v) is 6.75. The first kappa shape index (κ1) is 13.5. The molecule has 0 saturated carbocycles. The van der Waals surface area contributed by atoms with Gasteiger partial charge in [0.2, 0.25) is 0 Å². The molecule has 3 nitrogen and oxygen atoms in total. The first-order valence-electron chi connectivity index (χ1n) is 6.75. The van der Waals surface area contributed by atoms with Crippen LogP contribution in [0.25, 0.3) is 0 Å². The van der Waals surface area contributed by atoms with Crippen LogP contribution < -0.4 is 5.73 Å². The summed E-state index contributed by atoms with van der Waals surface area (Å²) >= 11 is 0. The molecule has 0 radical (unpaired) electrons. The molecule has 2 rings (SSSR count). The van der Waals surface area contributed by atoms with Crippen molar-refractivity contribution in [2.24, 2.45) is 11.7 Å². The summed E-state index contributed by atoms with van der Waals surface area (Å²) in [6.45, 7) is 3.03. The zero-order valence-corrected chi connectivity index (χ0v) is 11.8. The molecule has 0 spiro atoms. The summed E-state index contributed by atoms with van der Waals surface area (Å²) in [6, 6.07) is 9.25. The lowest BCUT2D eigenvalue weighted by molar-refractivity contribution is 0.212. The molecule has 100 valence electrons. The molecule has 0 aliphatic carbocycles. The number of nitrogens with zero attached hydrogens (tertiary/aromatic N) is 2. The highest BCUT2D eigenvalue weighted by Gasteiger charge is 2.30. The second-order valence-electron chi connectivity index (χ2n) is 5.67. The van der Waals surface area contributed by atoms with Crippen molar-refractivity contribution in [1.82, 2.24) is 9.80 Å². The van der Waals surface area contributed by atoms with Gasteiger partial charge in [0.05, 0.1) is 0 Å². The predicted molar refractivity (Wildman–Crippen MR) is 76.4 cm³/mol. The maximum Gasteiger partial charge on any atom is 0.0382 e. The van der Waals surface area contributed by atoms with E-state index in [1.54, 1.807) is 0 Å². The van der Waals surface area contributed by atoms with Crippen LogP contribution in [-0.2, 0) is 6.54 Å². The molecule has 2 N–H and O–H groups in total. The second kappa shape index (κ2) is 5.83. The Balaban J connectivity index is 2.23. The molecule has 2 atom stereocenters. The van der Waals surface area contributed by atoms with Crippen LogP contribution in [0.3, 0.4) is 0 Å². The van der Waals surface area contributed by atoms with Gasteiger partial charge in [0.15, 0.2) is 0 Å². The third kappa shape index (κ3) is 2.91. The number of hydrogen-bond donors (Lipinski definition) is 1. The zero-order valence-electron chi connectivity index (χ0n) is 11.8. The molecular formula is C15H25N3. The highest BCUT2D eigenvalue weighted by Crippen LogP contribution is 2.33. The molecule has 1 saturated heterocycles. The van der Waals surface area contributed by atoms with Gasteiger partial charge in [-0.1, -0.05) is 24.3 Å². The van der Waals surface area contributed by atoms with Crippen LogP contribution in [-0.4, -0.2) is 44.0 Å². The quantitative estimate of drug-likeness (QED) is 0.879. The average molecular weight is 247 g/mol. The van der Waals surface area contributed by atoms with Crippen molar-refractivity contribution in [3.05, 3.63) is 35.4 Å². The fraction of sp³-hybridized carbons (Fsp3) is 0.600. The lowest BCUT2D eigenvalue weighted by atomic mass is 9.90. The molecule has 18 heavy (non-hydrogen) atoms. The Hall–Kier alpha value is -0.900. The summed E-state index contributed by atoms with van der Waals surface area (Å²) in [5.74, 6) is 0.720. The molecule has 1 heterocycles. The van der Waals surface area contributed by atoms with E-state index in [4.69, 9.17) is 5.73 Å². The van der Waals surface area contributed by atoms with Crippen molar-refractivity contribution >= 4 is 0 Å². The van der Waals surface area contributed by atoms with Gasteiger partial charge in [-0.05, 0) is 51.2 Å². The zero-order chi connectivity index (χ0) is 13.1. The Bertz CT molecular complexity index is 389. The minimum absolute atomic E-state index is 0.501. The molecular weight excluding hydrogens is 222 g/mol. The SMILES string of the molecule is CN1CCC(C(c2cccc(CN)c2)N(C)C)C1. The maximum atomic E-state index is 5.75. The maximum absolute atomic E-state index is 5.75. The van der Waals surface area contributed by atoms with Gasteiger partial charge in [-0.15, -0.1) is 0 Å². The second-order valence-corrected chi connectivity index (χ2v) is 5.67. The van der Waals surface area contributed by atoms with Gasteiger partial charge < -0.3 is 15.5 Å². The molecule has 1 aromatic rings. The van der Waals surface area contributed by atoms with Crippen molar-refractivity contribution in [3.8, 4) is 0 Å². The smallest absolute Gasteiger partial charge is 0.0382 e. The number of nitrogens with two attached hydrogens (primary N) is 1. The van der Waals surface area contributed by atoms with E-state index in [2.05, 4.69) is 55.2 Å². The third-order valence-electron chi connectivity index (χ3n) is 3.96. The van der Waals surface area contributed by atoms with E-state index in [0.717, 1.165) is 5.92 Å². The van der Waals surface area contributed by atoms with Crippen molar-refractivity contribution in [2.75, 3.05) is 34.2 Å². The fourth-order valence-electron chi connectivity index (χ4n) is 3.12. The Kier molecular flexibility index (Phi) is 4.38. The molecule has 0 aromatic heterocycles. The predicted octanol–water partition coefficient (Wildman–Crippen LogP) is 1.70. The van der Waals surface area contributed by atoms with Crippen LogP contribution in [0, 0.1) is 5.92 Å². The summed E-state index contributed by atoms with van der Waals surface area (Å²) < 4.78 is 0. The molecule has 1 aliphatic heterocycles. The summed E-state index contributed by atoms with van der Waals surface area (Å²) in [7, 11) is 6.57. The minimum Gasteiger partial charge on any atom is -0.326 e. The summed E-state index contributed by atoms with van der Waals surface area (Å²) in [5, 5.41) is 0.